The van der Waals surface area contributed by atoms with E-state index >= 15 is 0 Å². The molecule has 2 heterocycles. The zero-order valence-electron chi connectivity index (χ0n) is 14.9. The largest absolute Gasteiger partial charge is 0.457 e. The van der Waals surface area contributed by atoms with Crippen LogP contribution in [0.3, 0.4) is 0 Å². The summed E-state index contributed by atoms with van der Waals surface area (Å²) in [5.41, 5.74) is 9.38. The number of aromatic nitrogens is 1. The molecule has 0 spiro atoms. The molecule has 0 radical (unpaired) electrons. The Morgan fingerprint density at radius 1 is 1.00 bits per heavy atom. The van der Waals surface area contributed by atoms with E-state index in [0.717, 1.165) is 47.3 Å². The number of rotatable bonds is 7. The van der Waals surface area contributed by atoms with E-state index in [1.165, 1.54) is 21.5 Å². The predicted octanol–water partition coefficient (Wildman–Crippen LogP) is 6.73. The molecule has 5 heteroatoms. The number of aryl methyl sites for hydroxylation is 1. The van der Waals surface area contributed by atoms with Gasteiger partial charge in [-0.3, -0.25) is 0 Å². The van der Waals surface area contributed by atoms with E-state index in [1.54, 1.807) is 11.3 Å². The van der Waals surface area contributed by atoms with Crippen molar-refractivity contribution in [1.29, 1.82) is 0 Å². The van der Waals surface area contributed by atoms with Crippen LogP contribution >= 0.6 is 27.3 Å². The lowest BCUT2D eigenvalue weighted by molar-refractivity contribution is 0.483. The molecule has 4 rings (SSSR count). The van der Waals surface area contributed by atoms with Crippen molar-refractivity contribution in [2.75, 3.05) is 6.54 Å². The summed E-state index contributed by atoms with van der Waals surface area (Å²) >= 11 is 5.42. The summed E-state index contributed by atoms with van der Waals surface area (Å²) < 4.78 is 7.18. The van der Waals surface area contributed by atoms with Crippen molar-refractivity contribution in [2.45, 2.75) is 19.3 Å². The number of hydrogen-bond acceptors (Lipinski definition) is 3. The highest BCUT2D eigenvalue weighted by Gasteiger charge is 2.17. The van der Waals surface area contributed by atoms with Crippen LogP contribution in [0.2, 0.25) is 0 Å². The van der Waals surface area contributed by atoms with Crippen molar-refractivity contribution in [1.82, 2.24) is 4.98 Å². The number of benzene rings is 2. The smallest absolute Gasteiger partial charge is 0.128 e. The molecule has 3 nitrogen and oxygen atoms in total. The Bertz CT molecular complexity index is 1040. The zero-order valence-corrected chi connectivity index (χ0v) is 17.3. The lowest BCUT2D eigenvalue weighted by Gasteiger charge is -2.07. The minimum Gasteiger partial charge on any atom is -0.457 e. The van der Waals surface area contributed by atoms with E-state index in [2.05, 4.69) is 44.5 Å². The van der Waals surface area contributed by atoms with Crippen LogP contribution in [0.15, 0.2) is 64.5 Å². The molecule has 0 aliphatic heterocycles. The number of thiophene rings is 1. The fourth-order valence-corrected chi connectivity index (χ4v) is 4.89. The SMILES string of the molecule is NCCCCc1c(-c2sccc2Br)[nH]c2ccc(Oc3ccccc3)cc12. The van der Waals surface area contributed by atoms with E-state index in [9.17, 15) is 0 Å². The van der Waals surface area contributed by atoms with Crippen LogP contribution in [0.25, 0.3) is 21.5 Å². The van der Waals surface area contributed by atoms with E-state index in [1.807, 2.05) is 36.4 Å². The van der Waals surface area contributed by atoms with Gasteiger partial charge in [0.05, 0.1) is 10.6 Å². The highest BCUT2D eigenvalue weighted by Crippen LogP contribution is 2.40. The Morgan fingerprint density at radius 2 is 1.85 bits per heavy atom. The van der Waals surface area contributed by atoms with Gasteiger partial charge in [-0.05, 0) is 89.1 Å². The Balaban J connectivity index is 1.76. The maximum absolute atomic E-state index is 6.05. The number of nitrogens with one attached hydrogen (secondary N) is 1. The van der Waals surface area contributed by atoms with Crippen molar-refractivity contribution in [3.05, 3.63) is 70.0 Å². The first-order valence-electron chi connectivity index (χ1n) is 9.07. The molecular weight excluding hydrogens is 420 g/mol. The minimum atomic E-state index is 0.725. The number of fused-ring (bicyclic) bond motifs is 1. The molecule has 0 fully saturated rings. The highest BCUT2D eigenvalue weighted by atomic mass is 79.9. The van der Waals surface area contributed by atoms with Crippen LogP contribution in [0.1, 0.15) is 18.4 Å². The molecule has 2 aromatic heterocycles. The number of H-pyrrole nitrogens is 1. The van der Waals surface area contributed by atoms with Crippen LogP contribution in [0.5, 0.6) is 11.5 Å². The lowest BCUT2D eigenvalue weighted by atomic mass is 10.0. The standard InChI is InChI=1S/C22H21BrN2OS/c23-19-11-13-27-22(19)21-17(8-4-5-12-24)18-14-16(9-10-20(18)25-21)26-15-6-2-1-3-7-15/h1-3,6-7,9-11,13-14,25H,4-5,8,12,24H2. The van der Waals surface area contributed by atoms with Crippen molar-refractivity contribution >= 4 is 38.2 Å². The van der Waals surface area contributed by atoms with Crippen molar-refractivity contribution in [3.8, 4) is 22.1 Å². The summed E-state index contributed by atoms with van der Waals surface area (Å²) in [6.07, 6.45) is 3.09. The average Bonchev–Trinajstić information content (AvgIpc) is 3.26. The summed E-state index contributed by atoms with van der Waals surface area (Å²) in [4.78, 5) is 4.85. The highest BCUT2D eigenvalue weighted by molar-refractivity contribution is 9.10. The van der Waals surface area contributed by atoms with Gasteiger partial charge in [0.2, 0.25) is 0 Å². The number of hydrogen-bond donors (Lipinski definition) is 2. The summed E-state index contributed by atoms with van der Waals surface area (Å²) in [7, 11) is 0. The molecule has 27 heavy (non-hydrogen) atoms. The molecule has 0 amide bonds. The second-order valence-corrected chi connectivity index (χ2v) is 8.21. The van der Waals surface area contributed by atoms with Gasteiger partial charge in [0.25, 0.3) is 0 Å². The molecule has 0 saturated heterocycles. The van der Waals surface area contributed by atoms with Crippen LogP contribution in [-0.4, -0.2) is 11.5 Å². The van der Waals surface area contributed by atoms with Crippen LogP contribution in [-0.2, 0) is 6.42 Å². The molecule has 2 aromatic carbocycles. The summed E-state index contributed by atoms with van der Waals surface area (Å²) in [5.74, 6) is 1.70. The molecule has 0 atom stereocenters. The Hall–Kier alpha value is -2.08. The summed E-state index contributed by atoms with van der Waals surface area (Å²) in [5, 5.41) is 3.33. The predicted molar refractivity (Wildman–Crippen MR) is 118 cm³/mol. The number of aromatic amines is 1. The molecule has 0 unspecified atom stereocenters. The fraction of sp³-hybridized carbons (Fsp3) is 0.182. The van der Waals surface area contributed by atoms with E-state index in [-0.39, 0.29) is 0 Å². The molecule has 4 aromatic rings. The number of nitrogens with two attached hydrogens (primary N) is 1. The number of unbranched alkanes of at least 4 members (excludes halogenated alkanes) is 1. The van der Waals surface area contributed by atoms with Crippen LogP contribution in [0.4, 0.5) is 0 Å². The Morgan fingerprint density at radius 3 is 2.59 bits per heavy atom. The summed E-state index contributed by atoms with van der Waals surface area (Å²) in [6, 6.07) is 18.2. The molecule has 138 valence electrons. The topological polar surface area (TPSA) is 51.0 Å². The van der Waals surface area contributed by atoms with Crippen LogP contribution < -0.4 is 10.5 Å². The van der Waals surface area contributed by atoms with E-state index in [4.69, 9.17) is 10.5 Å². The minimum absolute atomic E-state index is 0.725. The van der Waals surface area contributed by atoms with Gasteiger partial charge in [-0.2, -0.15) is 0 Å². The first kappa shape index (κ1) is 18.3. The van der Waals surface area contributed by atoms with Crippen molar-refractivity contribution in [3.63, 3.8) is 0 Å². The van der Waals surface area contributed by atoms with Crippen molar-refractivity contribution < 1.29 is 4.74 Å². The third-order valence-electron chi connectivity index (χ3n) is 4.58. The monoisotopic (exact) mass is 440 g/mol. The van der Waals surface area contributed by atoms with Gasteiger partial charge in [0.1, 0.15) is 11.5 Å². The van der Waals surface area contributed by atoms with E-state index in [0.29, 0.717) is 0 Å². The first-order chi connectivity index (χ1) is 13.3. The molecule has 0 bridgehead atoms. The van der Waals surface area contributed by atoms with Gasteiger partial charge < -0.3 is 15.5 Å². The van der Waals surface area contributed by atoms with Gasteiger partial charge in [-0.15, -0.1) is 11.3 Å². The Kier molecular flexibility index (Phi) is 5.62. The third kappa shape index (κ3) is 3.95. The average molecular weight is 441 g/mol. The zero-order chi connectivity index (χ0) is 18.6. The van der Waals surface area contributed by atoms with Crippen molar-refractivity contribution in [2.24, 2.45) is 5.73 Å². The molecule has 0 saturated carbocycles. The number of halogens is 1. The maximum atomic E-state index is 6.05. The normalized spacial score (nSPS) is 11.2. The first-order valence-corrected chi connectivity index (χ1v) is 10.7. The van der Waals surface area contributed by atoms with Gasteiger partial charge >= 0.3 is 0 Å². The second kappa shape index (κ2) is 8.30. The summed E-state index contributed by atoms with van der Waals surface area (Å²) in [6.45, 7) is 0.725. The van der Waals surface area contributed by atoms with Gasteiger partial charge in [0.15, 0.2) is 0 Å². The van der Waals surface area contributed by atoms with Gasteiger partial charge in [0, 0.05) is 15.4 Å². The molecule has 3 N–H and O–H groups in total. The van der Waals surface area contributed by atoms with Gasteiger partial charge in [-0.1, -0.05) is 18.2 Å². The molecule has 0 aliphatic rings. The second-order valence-electron chi connectivity index (χ2n) is 6.44. The fourth-order valence-electron chi connectivity index (χ4n) is 3.29. The quantitative estimate of drug-likeness (QED) is 0.312. The number of ether oxygens (including phenoxy) is 1. The Labute approximate surface area is 171 Å². The van der Waals surface area contributed by atoms with Gasteiger partial charge in [-0.25, -0.2) is 0 Å². The third-order valence-corrected chi connectivity index (χ3v) is 6.44. The molecule has 0 aliphatic carbocycles. The molecular formula is C22H21BrN2OS. The number of para-hydroxylation sites is 1. The lowest BCUT2D eigenvalue weighted by Crippen LogP contribution is -1.99. The maximum Gasteiger partial charge on any atom is 0.128 e. The van der Waals surface area contributed by atoms with Crippen LogP contribution in [0, 0.1) is 0 Å². The van der Waals surface area contributed by atoms with E-state index < -0.39 is 0 Å².